The second-order valence-electron chi connectivity index (χ2n) is 5.20. The summed E-state index contributed by atoms with van der Waals surface area (Å²) in [4.78, 5) is 10.8. The normalized spacial score (nSPS) is 12.7. The Kier molecular flexibility index (Phi) is 5.35. The summed E-state index contributed by atoms with van der Waals surface area (Å²) in [6, 6.07) is 5.15. The number of ether oxygens (including phenoxy) is 1. The monoisotopic (exact) mass is 250 g/mol. The van der Waals surface area contributed by atoms with Crippen molar-refractivity contribution < 1.29 is 14.6 Å². The van der Waals surface area contributed by atoms with Crippen LogP contribution in [0.4, 0.5) is 0 Å². The van der Waals surface area contributed by atoms with Crippen LogP contribution in [0.5, 0.6) is 0 Å². The summed E-state index contributed by atoms with van der Waals surface area (Å²) in [7, 11) is 0. The van der Waals surface area contributed by atoms with Gasteiger partial charge in [-0.25, -0.2) is 4.79 Å². The van der Waals surface area contributed by atoms with Crippen molar-refractivity contribution in [2.24, 2.45) is 5.92 Å². The Morgan fingerprint density at radius 2 is 2.00 bits per heavy atom. The molecule has 1 atom stereocenters. The van der Waals surface area contributed by atoms with Crippen LogP contribution in [0.1, 0.15) is 48.7 Å². The Hall–Kier alpha value is -1.35. The molecule has 1 unspecified atom stereocenters. The van der Waals surface area contributed by atoms with Crippen LogP contribution in [-0.4, -0.2) is 17.2 Å². The van der Waals surface area contributed by atoms with Crippen molar-refractivity contribution in [3.8, 4) is 0 Å². The second kappa shape index (κ2) is 6.55. The topological polar surface area (TPSA) is 46.5 Å². The van der Waals surface area contributed by atoms with Gasteiger partial charge in [-0.2, -0.15) is 0 Å². The highest BCUT2D eigenvalue weighted by atomic mass is 16.5. The number of rotatable bonds is 6. The van der Waals surface area contributed by atoms with Gasteiger partial charge in [0.25, 0.3) is 0 Å². The largest absolute Gasteiger partial charge is 0.478 e. The van der Waals surface area contributed by atoms with E-state index in [-0.39, 0.29) is 6.10 Å². The van der Waals surface area contributed by atoms with Crippen LogP contribution >= 0.6 is 0 Å². The van der Waals surface area contributed by atoms with Gasteiger partial charge in [0.2, 0.25) is 0 Å². The molecule has 1 aromatic rings. The molecular weight excluding hydrogens is 228 g/mol. The molecule has 3 nitrogen and oxygen atoms in total. The SMILES string of the molecule is Cc1cc(C(=O)O)ccc1COC(C)CC(C)C. The third kappa shape index (κ3) is 4.49. The van der Waals surface area contributed by atoms with E-state index in [1.165, 1.54) is 0 Å². The lowest BCUT2D eigenvalue weighted by Crippen LogP contribution is -2.11. The molecule has 0 aromatic heterocycles. The fourth-order valence-electron chi connectivity index (χ4n) is 1.95. The van der Waals surface area contributed by atoms with Crippen LogP contribution in [-0.2, 0) is 11.3 Å². The highest BCUT2D eigenvalue weighted by molar-refractivity contribution is 5.87. The third-order valence-corrected chi connectivity index (χ3v) is 2.92. The molecule has 1 rings (SSSR count). The minimum atomic E-state index is -0.890. The fourth-order valence-corrected chi connectivity index (χ4v) is 1.95. The van der Waals surface area contributed by atoms with E-state index in [0.29, 0.717) is 18.1 Å². The van der Waals surface area contributed by atoms with Gasteiger partial charge >= 0.3 is 5.97 Å². The maximum atomic E-state index is 10.8. The van der Waals surface area contributed by atoms with Gasteiger partial charge in [0.1, 0.15) is 0 Å². The molecule has 1 N–H and O–H groups in total. The summed E-state index contributed by atoms with van der Waals surface area (Å²) in [6.45, 7) is 8.87. The Morgan fingerprint density at radius 3 is 2.50 bits per heavy atom. The number of carboxylic acids is 1. The van der Waals surface area contributed by atoms with Crippen molar-refractivity contribution in [3.05, 3.63) is 34.9 Å². The molecule has 3 heteroatoms. The summed E-state index contributed by atoms with van der Waals surface area (Å²) in [5.41, 5.74) is 2.34. The Balaban J connectivity index is 2.60. The lowest BCUT2D eigenvalue weighted by atomic mass is 10.1. The van der Waals surface area contributed by atoms with Crippen LogP contribution < -0.4 is 0 Å². The molecule has 0 saturated heterocycles. The minimum Gasteiger partial charge on any atom is -0.478 e. The van der Waals surface area contributed by atoms with E-state index in [2.05, 4.69) is 20.8 Å². The summed E-state index contributed by atoms with van der Waals surface area (Å²) < 4.78 is 5.77. The van der Waals surface area contributed by atoms with E-state index in [1.807, 2.05) is 13.0 Å². The van der Waals surface area contributed by atoms with Crippen LogP contribution in [0.25, 0.3) is 0 Å². The molecule has 0 aliphatic rings. The molecule has 0 heterocycles. The number of benzene rings is 1. The zero-order valence-electron chi connectivity index (χ0n) is 11.6. The van der Waals surface area contributed by atoms with Crippen molar-refractivity contribution in [3.63, 3.8) is 0 Å². The Morgan fingerprint density at radius 1 is 1.33 bits per heavy atom. The number of hydrogen-bond acceptors (Lipinski definition) is 2. The van der Waals surface area contributed by atoms with Crippen molar-refractivity contribution >= 4 is 5.97 Å². The average molecular weight is 250 g/mol. The maximum Gasteiger partial charge on any atom is 0.335 e. The van der Waals surface area contributed by atoms with Crippen LogP contribution in [0, 0.1) is 12.8 Å². The summed E-state index contributed by atoms with van der Waals surface area (Å²) >= 11 is 0. The molecule has 0 radical (unpaired) electrons. The highest BCUT2D eigenvalue weighted by Gasteiger charge is 2.08. The lowest BCUT2D eigenvalue weighted by molar-refractivity contribution is 0.0394. The zero-order chi connectivity index (χ0) is 13.7. The molecule has 0 aliphatic heterocycles. The molecule has 18 heavy (non-hydrogen) atoms. The molecule has 0 saturated carbocycles. The van der Waals surface area contributed by atoms with E-state index >= 15 is 0 Å². The number of aromatic carboxylic acids is 1. The van der Waals surface area contributed by atoms with E-state index in [9.17, 15) is 4.79 Å². The molecule has 0 spiro atoms. The first-order valence-corrected chi connectivity index (χ1v) is 6.34. The van der Waals surface area contributed by atoms with Crippen molar-refractivity contribution in [2.75, 3.05) is 0 Å². The van der Waals surface area contributed by atoms with Crippen molar-refractivity contribution in [2.45, 2.75) is 46.8 Å². The lowest BCUT2D eigenvalue weighted by Gasteiger charge is -2.16. The van der Waals surface area contributed by atoms with Gasteiger partial charge < -0.3 is 9.84 Å². The summed E-state index contributed by atoms with van der Waals surface area (Å²) in [6.07, 6.45) is 1.26. The van der Waals surface area contributed by atoms with E-state index in [1.54, 1.807) is 12.1 Å². The highest BCUT2D eigenvalue weighted by Crippen LogP contribution is 2.15. The molecule has 1 aromatic carbocycles. The zero-order valence-corrected chi connectivity index (χ0v) is 11.6. The van der Waals surface area contributed by atoms with Crippen LogP contribution in [0.15, 0.2) is 18.2 Å². The third-order valence-electron chi connectivity index (χ3n) is 2.92. The molecule has 100 valence electrons. The van der Waals surface area contributed by atoms with Gasteiger partial charge in [-0.15, -0.1) is 0 Å². The van der Waals surface area contributed by atoms with Gasteiger partial charge in [-0.1, -0.05) is 19.9 Å². The number of hydrogen-bond donors (Lipinski definition) is 1. The fraction of sp³-hybridized carbons (Fsp3) is 0.533. The van der Waals surface area contributed by atoms with Crippen LogP contribution in [0.2, 0.25) is 0 Å². The number of carboxylic acid groups (broad SMARTS) is 1. The van der Waals surface area contributed by atoms with E-state index < -0.39 is 5.97 Å². The Labute approximate surface area is 109 Å². The van der Waals surface area contributed by atoms with Gasteiger partial charge in [0.15, 0.2) is 0 Å². The van der Waals surface area contributed by atoms with E-state index in [0.717, 1.165) is 17.5 Å². The Bertz CT molecular complexity index is 410. The molecule has 0 fully saturated rings. The molecule has 0 aliphatic carbocycles. The molecule has 0 amide bonds. The number of aryl methyl sites for hydroxylation is 1. The first-order valence-electron chi connectivity index (χ1n) is 6.34. The average Bonchev–Trinajstić information content (AvgIpc) is 2.26. The molecule has 0 bridgehead atoms. The second-order valence-corrected chi connectivity index (χ2v) is 5.20. The predicted octanol–water partition coefficient (Wildman–Crippen LogP) is 3.64. The van der Waals surface area contributed by atoms with Gasteiger partial charge in [0.05, 0.1) is 18.3 Å². The van der Waals surface area contributed by atoms with Crippen molar-refractivity contribution in [1.82, 2.24) is 0 Å². The first kappa shape index (κ1) is 14.7. The smallest absolute Gasteiger partial charge is 0.335 e. The van der Waals surface area contributed by atoms with Gasteiger partial charge in [-0.3, -0.25) is 0 Å². The van der Waals surface area contributed by atoms with Crippen molar-refractivity contribution in [1.29, 1.82) is 0 Å². The van der Waals surface area contributed by atoms with Gasteiger partial charge in [0, 0.05) is 0 Å². The predicted molar refractivity (Wildman–Crippen MR) is 71.8 cm³/mol. The van der Waals surface area contributed by atoms with E-state index in [4.69, 9.17) is 9.84 Å². The number of carbonyl (C=O) groups is 1. The summed E-state index contributed by atoms with van der Waals surface area (Å²) in [5, 5.41) is 8.89. The van der Waals surface area contributed by atoms with Crippen LogP contribution in [0.3, 0.4) is 0 Å². The van der Waals surface area contributed by atoms with Gasteiger partial charge in [-0.05, 0) is 49.4 Å². The molecular formula is C15H22O3. The first-order chi connectivity index (χ1) is 8.40. The maximum absolute atomic E-state index is 10.8. The standard InChI is InChI=1S/C15H22O3/c1-10(2)7-12(4)18-9-14-6-5-13(15(16)17)8-11(14)3/h5-6,8,10,12H,7,9H2,1-4H3,(H,16,17). The summed E-state index contributed by atoms with van der Waals surface area (Å²) in [5.74, 6) is -0.269. The minimum absolute atomic E-state index is 0.226. The quantitative estimate of drug-likeness (QED) is 0.838.